The summed E-state index contributed by atoms with van der Waals surface area (Å²) in [5, 5.41) is 10.8. The van der Waals surface area contributed by atoms with E-state index in [1.54, 1.807) is 0 Å². The molecule has 3 atom stereocenters. The van der Waals surface area contributed by atoms with E-state index in [4.69, 9.17) is 27.9 Å². The summed E-state index contributed by atoms with van der Waals surface area (Å²) in [5.41, 5.74) is 2.45. The van der Waals surface area contributed by atoms with Crippen molar-refractivity contribution in [3.8, 4) is 0 Å². The highest BCUT2D eigenvalue weighted by Gasteiger charge is 2.38. The Labute approximate surface area is 326 Å². The lowest BCUT2D eigenvalue weighted by Crippen LogP contribution is -2.55. The van der Waals surface area contributed by atoms with Crippen molar-refractivity contribution in [2.75, 3.05) is 61.2 Å². The molecule has 0 radical (unpaired) electrons. The van der Waals surface area contributed by atoms with E-state index in [-0.39, 0.29) is 19.1 Å². The van der Waals surface area contributed by atoms with Gasteiger partial charge in [-0.25, -0.2) is 4.79 Å². The van der Waals surface area contributed by atoms with Crippen molar-refractivity contribution >= 4 is 70.2 Å². The summed E-state index contributed by atoms with van der Waals surface area (Å²) in [5.74, 6) is -1.72. The molecule has 2 aliphatic rings. The Morgan fingerprint density at radius 2 is 1.46 bits per heavy atom. The predicted molar refractivity (Wildman–Crippen MR) is 207 cm³/mol. The Kier molecular flexibility index (Phi) is 16.7. The number of rotatable bonds is 18. The molecular weight excluding hydrogens is 737 g/mol. The van der Waals surface area contributed by atoms with Crippen LogP contribution >= 0.6 is 23.2 Å². The first kappa shape index (κ1) is 42.2. The second kappa shape index (κ2) is 21.4. The molecule has 0 aliphatic carbocycles. The van der Waals surface area contributed by atoms with E-state index in [1.165, 1.54) is 9.80 Å². The van der Waals surface area contributed by atoms with E-state index < -0.39 is 60.3 Å². The molecule has 2 fully saturated rings. The number of amides is 6. The molecule has 2 aliphatic heterocycles. The molecule has 2 aromatic carbocycles. The van der Waals surface area contributed by atoms with Crippen LogP contribution in [0.5, 0.6) is 0 Å². The zero-order valence-corrected chi connectivity index (χ0v) is 32.4. The normalized spacial score (nSPS) is 17.1. The number of benzene rings is 2. The van der Waals surface area contributed by atoms with Gasteiger partial charge in [-0.15, -0.1) is 23.2 Å². The standard InChI is InChI=1S/C38H51Cl2N7O7/c1-26(2)22-30(43-36(51)32-11-7-19-47(32)38(53)54-25-27-8-4-3-5-9-27)35(50)42-24-34(49)46-18-6-10-31(46)37(52)44-33(48)23-41-28-12-14-29(15-13-28)45(20-16-39)21-17-40/h3-5,8-9,12-15,26,30-32,41H,6-7,10-11,16-25H2,1-2H3,(H,42,50)(H,43,51)(H,44,48,52)/t30-,31-,32-/m0/s1. The maximum atomic E-state index is 13.4. The molecule has 14 nitrogen and oxygen atoms in total. The summed E-state index contributed by atoms with van der Waals surface area (Å²) in [7, 11) is 0. The Hall–Kier alpha value is -4.56. The summed E-state index contributed by atoms with van der Waals surface area (Å²) in [6.07, 6.45) is 1.65. The number of nitrogens with zero attached hydrogens (tertiary/aromatic N) is 3. The van der Waals surface area contributed by atoms with Gasteiger partial charge >= 0.3 is 6.09 Å². The first-order valence-corrected chi connectivity index (χ1v) is 19.5. The van der Waals surface area contributed by atoms with Gasteiger partial charge in [0, 0.05) is 49.3 Å². The molecule has 0 spiro atoms. The second-order valence-electron chi connectivity index (χ2n) is 13.7. The molecule has 6 amide bonds. The number of anilines is 2. The van der Waals surface area contributed by atoms with Crippen LogP contribution in [0.25, 0.3) is 0 Å². The topological polar surface area (TPSA) is 169 Å². The van der Waals surface area contributed by atoms with Crippen LogP contribution in [0, 0.1) is 5.92 Å². The molecular formula is C38H51Cl2N7O7. The van der Waals surface area contributed by atoms with Crippen molar-refractivity contribution in [2.45, 2.75) is 70.7 Å². The fourth-order valence-electron chi connectivity index (χ4n) is 6.57. The van der Waals surface area contributed by atoms with Crippen LogP contribution in [0.15, 0.2) is 54.6 Å². The van der Waals surface area contributed by atoms with Gasteiger partial charge in [0.1, 0.15) is 24.7 Å². The third kappa shape index (κ3) is 12.5. The minimum absolute atomic E-state index is 0.0258. The molecule has 0 aromatic heterocycles. The molecule has 2 saturated heterocycles. The highest BCUT2D eigenvalue weighted by Crippen LogP contribution is 2.21. The number of carbonyl (C=O) groups excluding carboxylic acids is 6. The average Bonchev–Trinajstić information content (AvgIpc) is 3.87. The number of hydrogen-bond acceptors (Lipinski definition) is 9. The maximum Gasteiger partial charge on any atom is 0.410 e. The molecule has 54 heavy (non-hydrogen) atoms. The first-order valence-electron chi connectivity index (χ1n) is 18.4. The fourth-order valence-corrected chi connectivity index (χ4v) is 6.98. The molecule has 16 heteroatoms. The van der Waals surface area contributed by atoms with Gasteiger partial charge in [-0.05, 0) is 67.9 Å². The summed E-state index contributed by atoms with van der Waals surface area (Å²) in [4.78, 5) is 83.4. The lowest BCUT2D eigenvalue weighted by atomic mass is 10.0. The minimum atomic E-state index is -0.956. The van der Waals surface area contributed by atoms with Crippen LogP contribution < -0.4 is 26.2 Å². The van der Waals surface area contributed by atoms with Gasteiger partial charge in [0.05, 0.1) is 13.1 Å². The Morgan fingerprint density at radius 3 is 2.09 bits per heavy atom. The van der Waals surface area contributed by atoms with E-state index in [0.29, 0.717) is 75.7 Å². The third-order valence-corrected chi connectivity index (χ3v) is 9.62. The van der Waals surface area contributed by atoms with Gasteiger partial charge in [0.2, 0.25) is 29.5 Å². The second-order valence-corrected chi connectivity index (χ2v) is 14.5. The number of likely N-dealkylation sites (tertiary alicyclic amines) is 2. The van der Waals surface area contributed by atoms with Crippen LogP contribution in [0.2, 0.25) is 0 Å². The van der Waals surface area contributed by atoms with Crippen molar-refractivity contribution in [1.82, 2.24) is 25.8 Å². The quantitative estimate of drug-likeness (QED) is 0.165. The Balaban J connectivity index is 1.25. The van der Waals surface area contributed by atoms with E-state index in [2.05, 4.69) is 26.2 Å². The zero-order chi connectivity index (χ0) is 39.0. The number of ether oxygens (including phenoxy) is 1. The molecule has 0 saturated carbocycles. The van der Waals surface area contributed by atoms with Crippen molar-refractivity contribution < 1.29 is 33.5 Å². The molecule has 0 bridgehead atoms. The fraction of sp³-hybridized carbons (Fsp3) is 0.526. The smallest absolute Gasteiger partial charge is 0.410 e. The molecule has 0 unspecified atom stereocenters. The van der Waals surface area contributed by atoms with Gasteiger partial charge in [-0.1, -0.05) is 44.2 Å². The highest BCUT2D eigenvalue weighted by molar-refractivity contribution is 6.18. The van der Waals surface area contributed by atoms with Crippen molar-refractivity contribution in [3.63, 3.8) is 0 Å². The summed E-state index contributed by atoms with van der Waals surface area (Å²) < 4.78 is 5.45. The molecule has 2 heterocycles. The predicted octanol–water partition coefficient (Wildman–Crippen LogP) is 3.46. The van der Waals surface area contributed by atoms with Gasteiger partial charge in [0.25, 0.3) is 0 Å². The van der Waals surface area contributed by atoms with E-state index in [0.717, 1.165) is 11.3 Å². The third-order valence-electron chi connectivity index (χ3n) is 9.28. The van der Waals surface area contributed by atoms with Crippen LogP contribution in [0.4, 0.5) is 16.2 Å². The summed E-state index contributed by atoms with van der Waals surface area (Å²) in [6.45, 7) is 5.26. The Morgan fingerprint density at radius 1 is 0.833 bits per heavy atom. The lowest BCUT2D eigenvalue weighted by Gasteiger charge is -2.27. The van der Waals surface area contributed by atoms with E-state index >= 15 is 0 Å². The number of carbonyl (C=O) groups is 6. The van der Waals surface area contributed by atoms with Crippen molar-refractivity contribution in [2.24, 2.45) is 5.92 Å². The monoisotopic (exact) mass is 787 g/mol. The van der Waals surface area contributed by atoms with Crippen LogP contribution in [-0.4, -0.2) is 115 Å². The molecule has 294 valence electrons. The van der Waals surface area contributed by atoms with Crippen LogP contribution in [0.1, 0.15) is 51.5 Å². The zero-order valence-electron chi connectivity index (χ0n) is 30.9. The summed E-state index contributed by atoms with van der Waals surface area (Å²) in [6, 6.07) is 14.0. The van der Waals surface area contributed by atoms with E-state index in [9.17, 15) is 28.8 Å². The maximum absolute atomic E-state index is 13.4. The SMILES string of the molecule is CC(C)C[C@H](NC(=O)[C@@H]1CCCN1C(=O)OCc1ccccc1)C(=O)NCC(=O)N1CCC[C@H]1C(=O)NC(=O)CNc1ccc(N(CCCl)CCCl)cc1. The molecule has 4 N–H and O–H groups in total. The largest absolute Gasteiger partial charge is 0.445 e. The number of halogens is 2. The van der Waals surface area contributed by atoms with Crippen LogP contribution in [-0.2, 0) is 35.3 Å². The van der Waals surface area contributed by atoms with Gasteiger partial charge < -0.3 is 30.5 Å². The summed E-state index contributed by atoms with van der Waals surface area (Å²) >= 11 is 11.8. The first-order chi connectivity index (χ1) is 26.0. The number of imide groups is 1. The van der Waals surface area contributed by atoms with E-state index in [1.807, 2.05) is 68.4 Å². The molecule has 2 aromatic rings. The highest BCUT2D eigenvalue weighted by atomic mass is 35.5. The number of alkyl halides is 2. The van der Waals surface area contributed by atoms with Crippen molar-refractivity contribution in [1.29, 1.82) is 0 Å². The number of nitrogens with one attached hydrogen (secondary N) is 4. The lowest BCUT2D eigenvalue weighted by molar-refractivity contribution is -0.140. The van der Waals surface area contributed by atoms with Crippen LogP contribution in [0.3, 0.4) is 0 Å². The van der Waals surface area contributed by atoms with Gasteiger partial charge in [-0.2, -0.15) is 0 Å². The van der Waals surface area contributed by atoms with Gasteiger partial charge in [0.15, 0.2) is 0 Å². The molecule has 4 rings (SSSR count). The average molecular weight is 789 g/mol. The van der Waals surface area contributed by atoms with Crippen molar-refractivity contribution in [3.05, 3.63) is 60.2 Å². The Bertz CT molecular complexity index is 1580. The number of hydrogen-bond donors (Lipinski definition) is 4. The minimum Gasteiger partial charge on any atom is -0.445 e. The van der Waals surface area contributed by atoms with Gasteiger partial charge in [-0.3, -0.25) is 34.2 Å².